The third kappa shape index (κ3) is 3.20. The SMILES string of the molecule is Nc1nc2c(nc(Sc3ccccc3N)n2[C@@H]2OC3CO[PH](=O)O[C@H]3C2O)c(=O)[nH]1. The number of H-pyrrole nitrogens is 1. The molecule has 0 bridgehead atoms. The lowest BCUT2D eigenvalue weighted by Gasteiger charge is -2.24. The predicted molar refractivity (Wildman–Crippen MR) is 107 cm³/mol. The number of nitrogen functional groups attached to an aromatic ring is 2. The molecule has 1 aromatic carbocycles. The number of hydrogen-bond donors (Lipinski definition) is 4. The van der Waals surface area contributed by atoms with E-state index < -0.39 is 38.4 Å². The summed E-state index contributed by atoms with van der Waals surface area (Å²) in [5.41, 5.74) is 11.9. The number of hydrogen-bond acceptors (Lipinski definition) is 11. The van der Waals surface area contributed by atoms with Crippen molar-refractivity contribution in [2.75, 3.05) is 18.1 Å². The van der Waals surface area contributed by atoms with Crippen molar-refractivity contribution in [2.24, 2.45) is 0 Å². The number of nitrogens with zero attached hydrogens (tertiary/aromatic N) is 3. The topological polar surface area (TPSA) is 181 Å². The number of imidazole rings is 1. The van der Waals surface area contributed by atoms with Gasteiger partial charge in [0.15, 0.2) is 22.5 Å². The first-order valence-electron chi connectivity index (χ1n) is 8.89. The predicted octanol–water partition coefficient (Wildman–Crippen LogP) is 0.499. The van der Waals surface area contributed by atoms with E-state index in [1.165, 1.54) is 16.3 Å². The fraction of sp³-hybridized carbons (Fsp3) is 0.312. The molecule has 4 heterocycles. The van der Waals surface area contributed by atoms with Gasteiger partial charge >= 0.3 is 8.25 Å². The van der Waals surface area contributed by atoms with Crippen molar-refractivity contribution in [3.63, 3.8) is 0 Å². The van der Waals surface area contributed by atoms with Gasteiger partial charge in [-0.1, -0.05) is 12.1 Å². The van der Waals surface area contributed by atoms with Gasteiger partial charge in [-0.25, -0.2) is 4.98 Å². The van der Waals surface area contributed by atoms with E-state index in [9.17, 15) is 14.5 Å². The normalized spacial score (nSPS) is 28.6. The highest BCUT2D eigenvalue weighted by Gasteiger charge is 2.50. The number of aliphatic hydroxyl groups is 1. The van der Waals surface area contributed by atoms with Crippen LogP contribution in [-0.4, -0.2) is 49.5 Å². The van der Waals surface area contributed by atoms with Gasteiger partial charge in [0.25, 0.3) is 5.56 Å². The molecule has 12 nitrogen and oxygen atoms in total. The van der Waals surface area contributed by atoms with Gasteiger partial charge in [-0.3, -0.25) is 18.9 Å². The van der Waals surface area contributed by atoms with E-state index in [-0.39, 0.29) is 23.7 Å². The standard InChI is InChI=1S/C16H17N6O6PS/c17-6-3-1-2-4-8(6)30-16-19-9-12(20-15(18)21-13(9)24)22(16)14-10(23)11-7(27-14)5-26-29(25)28-11/h1-4,7,10-11,14,23,29H,5,17H2,(H3,18,20,21,24)/t7?,10?,11-,14-/m1/s1. The van der Waals surface area contributed by atoms with E-state index in [0.29, 0.717) is 15.7 Å². The Morgan fingerprint density at radius 3 is 2.90 bits per heavy atom. The minimum atomic E-state index is -2.72. The average Bonchev–Trinajstić information content (AvgIpc) is 3.21. The van der Waals surface area contributed by atoms with E-state index in [4.69, 9.17) is 25.3 Å². The van der Waals surface area contributed by atoms with Crippen LogP contribution in [0, 0.1) is 0 Å². The Bertz CT molecular complexity index is 1220. The molecule has 0 amide bonds. The number of benzene rings is 1. The van der Waals surface area contributed by atoms with Gasteiger partial charge in [-0.2, -0.15) is 4.98 Å². The molecule has 3 unspecified atom stereocenters. The van der Waals surface area contributed by atoms with Crippen LogP contribution in [0.5, 0.6) is 0 Å². The van der Waals surface area contributed by atoms with Crippen molar-refractivity contribution < 1.29 is 23.5 Å². The minimum Gasteiger partial charge on any atom is -0.398 e. The average molecular weight is 452 g/mol. The maximum atomic E-state index is 12.4. The molecule has 6 N–H and O–H groups in total. The molecule has 158 valence electrons. The summed E-state index contributed by atoms with van der Waals surface area (Å²) in [7, 11) is -2.72. The van der Waals surface area contributed by atoms with Gasteiger partial charge in [0.2, 0.25) is 5.95 Å². The van der Waals surface area contributed by atoms with Gasteiger partial charge in [-0.15, -0.1) is 0 Å². The minimum absolute atomic E-state index is 0.00686. The molecule has 30 heavy (non-hydrogen) atoms. The van der Waals surface area contributed by atoms with Crippen LogP contribution in [-0.2, 0) is 18.3 Å². The van der Waals surface area contributed by atoms with Crippen molar-refractivity contribution in [3.8, 4) is 0 Å². The molecule has 5 atom stereocenters. The lowest BCUT2D eigenvalue weighted by atomic mass is 10.1. The maximum absolute atomic E-state index is 12.4. The molecule has 0 radical (unpaired) electrons. The van der Waals surface area contributed by atoms with Crippen LogP contribution in [0.4, 0.5) is 11.6 Å². The summed E-state index contributed by atoms with van der Waals surface area (Å²) in [5.74, 6) is -0.112. The highest BCUT2D eigenvalue weighted by molar-refractivity contribution is 7.99. The molecule has 2 fully saturated rings. The molecule has 0 spiro atoms. The second-order valence-corrected chi connectivity index (χ2v) is 8.76. The van der Waals surface area contributed by atoms with E-state index in [1.54, 1.807) is 18.2 Å². The second kappa shape index (κ2) is 7.38. The number of aromatic amines is 1. The number of aliphatic hydroxyl groups excluding tert-OH is 1. The summed E-state index contributed by atoms with van der Waals surface area (Å²) in [4.78, 5) is 24.1. The molecule has 2 aromatic heterocycles. The van der Waals surface area contributed by atoms with Crippen LogP contribution in [0.15, 0.2) is 39.1 Å². The highest BCUT2D eigenvalue weighted by atomic mass is 32.2. The van der Waals surface area contributed by atoms with Crippen LogP contribution >= 0.6 is 20.0 Å². The Morgan fingerprint density at radius 1 is 1.30 bits per heavy atom. The quantitative estimate of drug-likeness (QED) is 0.321. The Hall–Kier alpha value is -2.41. The van der Waals surface area contributed by atoms with Gasteiger partial charge in [0, 0.05) is 10.6 Å². The third-order valence-corrected chi connectivity index (χ3v) is 6.75. The molecule has 2 aliphatic rings. The van der Waals surface area contributed by atoms with E-state index in [0.717, 1.165) is 0 Å². The first-order chi connectivity index (χ1) is 14.4. The molecule has 2 saturated heterocycles. The van der Waals surface area contributed by atoms with Crippen molar-refractivity contribution in [3.05, 3.63) is 34.6 Å². The van der Waals surface area contributed by atoms with Crippen LogP contribution in [0.2, 0.25) is 0 Å². The molecule has 3 aromatic rings. The van der Waals surface area contributed by atoms with Crippen LogP contribution in [0.1, 0.15) is 6.23 Å². The van der Waals surface area contributed by atoms with E-state index >= 15 is 0 Å². The van der Waals surface area contributed by atoms with Crippen LogP contribution < -0.4 is 17.0 Å². The number of ether oxygens (including phenoxy) is 1. The Kier molecular flexibility index (Phi) is 4.81. The van der Waals surface area contributed by atoms with Gasteiger partial charge in [-0.05, 0) is 23.9 Å². The highest BCUT2D eigenvalue weighted by Crippen LogP contribution is 2.44. The molecule has 2 aliphatic heterocycles. The van der Waals surface area contributed by atoms with Crippen LogP contribution in [0.25, 0.3) is 11.2 Å². The van der Waals surface area contributed by atoms with Gasteiger partial charge in [0.05, 0.1) is 6.61 Å². The molecule has 5 rings (SSSR count). The summed E-state index contributed by atoms with van der Waals surface area (Å²) in [6.45, 7) is 0.00686. The lowest BCUT2D eigenvalue weighted by molar-refractivity contribution is -0.0583. The summed E-state index contributed by atoms with van der Waals surface area (Å²) in [6, 6.07) is 7.14. The number of nitrogens with two attached hydrogens (primary N) is 2. The van der Waals surface area contributed by atoms with Crippen LogP contribution in [0.3, 0.4) is 0 Å². The summed E-state index contributed by atoms with van der Waals surface area (Å²) in [5, 5.41) is 11.2. The number of para-hydroxylation sites is 1. The van der Waals surface area contributed by atoms with Crippen molar-refractivity contribution >= 4 is 42.8 Å². The molecule has 0 aliphatic carbocycles. The third-order valence-electron chi connectivity index (χ3n) is 4.82. The first-order valence-corrected chi connectivity index (χ1v) is 10.9. The zero-order valence-corrected chi connectivity index (χ0v) is 17.0. The lowest BCUT2D eigenvalue weighted by Crippen LogP contribution is -2.37. The van der Waals surface area contributed by atoms with Crippen molar-refractivity contribution in [1.82, 2.24) is 19.5 Å². The fourth-order valence-electron chi connectivity index (χ4n) is 3.46. The monoisotopic (exact) mass is 452 g/mol. The fourth-order valence-corrected chi connectivity index (χ4v) is 5.30. The Morgan fingerprint density at radius 2 is 2.10 bits per heavy atom. The number of fused-ring (bicyclic) bond motifs is 2. The number of rotatable bonds is 3. The Balaban J connectivity index is 1.65. The number of nitrogens with one attached hydrogen (secondary N) is 1. The van der Waals surface area contributed by atoms with Gasteiger partial charge in [0.1, 0.15) is 18.3 Å². The van der Waals surface area contributed by atoms with Crippen molar-refractivity contribution in [1.29, 1.82) is 0 Å². The maximum Gasteiger partial charge on any atom is 0.319 e. The molecule has 0 saturated carbocycles. The van der Waals surface area contributed by atoms with E-state index in [2.05, 4.69) is 15.0 Å². The smallest absolute Gasteiger partial charge is 0.319 e. The first kappa shape index (κ1) is 19.5. The summed E-state index contributed by atoms with van der Waals surface area (Å²) >= 11 is 1.18. The number of aromatic nitrogens is 4. The van der Waals surface area contributed by atoms with E-state index in [1.807, 2.05) is 6.07 Å². The zero-order valence-electron chi connectivity index (χ0n) is 15.2. The number of anilines is 2. The zero-order chi connectivity index (χ0) is 21.0. The largest absolute Gasteiger partial charge is 0.398 e. The Labute approximate surface area is 173 Å². The molecular formula is C16H17N6O6PS. The van der Waals surface area contributed by atoms with Gasteiger partial charge < -0.3 is 30.4 Å². The summed E-state index contributed by atoms with van der Waals surface area (Å²) in [6.07, 6.45) is -3.74. The van der Waals surface area contributed by atoms with Crippen molar-refractivity contribution in [2.45, 2.75) is 34.6 Å². The summed E-state index contributed by atoms with van der Waals surface area (Å²) < 4.78 is 29.3. The molecule has 14 heteroatoms. The molecular weight excluding hydrogens is 435 g/mol. The second-order valence-electron chi connectivity index (χ2n) is 6.73.